The van der Waals surface area contributed by atoms with Gasteiger partial charge in [-0.05, 0) is 62.3 Å². The molecule has 0 amide bonds. The maximum Gasteiger partial charge on any atom is 0.108 e. The molecule has 1 fully saturated rings. The fourth-order valence-electron chi connectivity index (χ4n) is 3.62. The highest BCUT2D eigenvalue weighted by atomic mass is 35.5. The second kappa shape index (κ2) is 10.2. The van der Waals surface area contributed by atoms with Crippen molar-refractivity contribution in [2.45, 2.75) is 36.4 Å². The molecule has 2 heterocycles. The number of para-hydroxylation sites is 1. The molecule has 3 aromatic rings. The van der Waals surface area contributed by atoms with Crippen LogP contribution in [0.2, 0.25) is 5.02 Å². The molecular formula is C22H26ClN3OS2. The highest BCUT2D eigenvalue weighted by Crippen LogP contribution is 2.23. The third-order valence-corrected chi connectivity index (χ3v) is 7.64. The number of rotatable bonds is 8. The van der Waals surface area contributed by atoms with Crippen LogP contribution in [0.1, 0.15) is 17.8 Å². The van der Waals surface area contributed by atoms with E-state index in [1.54, 1.807) is 23.1 Å². The predicted molar refractivity (Wildman–Crippen MR) is 124 cm³/mol. The van der Waals surface area contributed by atoms with Gasteiger partial charge < -0.3 is 15.3 Å². The van der Waals surface area contributed by atoms with Gasteiger partial charge in [0.2, 0.25) is 0 Å². The van der Waals surface area contributed by atoms with Gasteiger partial charge in [0, 0.05) is 34.8 Å². The van der Waals surface area contributed by atoms with Gasteiger partial charge >= 0.3 is 0 Å². The fourth-order valence-corrected chi connectivity index (χ4v) is 5.48. The molecule has 4 rings (SSSR count). The Morgan fingerprint density at radius 2 is 1.93 bits per heavy atom. The van der Waals surface area contributed by atoms with Crippen molar-refractivity contribution in [2.75, 3.05) is 25.4 Å². The molecule has 1 unspecified atom stereocenters. The fraction of sp³-hybridized carbons (Fsp3) is 0.409. The lowest BCUT2D eigenvalue weighted by Gasteiger charge is -2.33. The minimum Gasteiger partial charge on any atom is -0.391 e. The van der Waals surface area contributed by atoms with Crippen molar-refractivity contribution in [3.8, 4) is 0 Å². The van der Waals surface area contributed by atoms with Crippen LogP contribution < -0.4 is 5.32 Å². The van der Waals surface area contributed by atoms with Crippen molar-refractivity contribution in [1.29, 1.82) is 0 Å². The highest BCUT2D eigenvalue weighted by Gasteiger charge is 2.21. The molecule has 4 nitrogen and oxygen atoms in total. The lowest BCUT2D eigenvalue weighted by atomic mass is 10.0. The van der Waals surface area contributed by atoms with E-state index in [0.717, 1.165) is 59.5 Å². The van der Waals surface area contributed by atoms with Crippen LogP contribution in [-0.2, 0) is 6.54 Å². The van der Waals surface area contributed by atoms with Crippen LogP contribution in [0.4, 0.5) is 0 Å². The second-order valence-electron chi connectivity index (χ2n) is 7.45. The van der Waals surface area contributed by atoms with Gasteiger partial charge in [-0.15, -0.1) is 23.1 Å². The van der Waals surface area contributed by atoms with E-state index < -0.39 is 0 Å². The van der Waals surface area contributed by atoms with E-state index in [4.69, 9.17) is 16.6 Å². The first-order valence-corrected chi connectivity index (χ1v) is 12.2. The van der Waals surface area contributed by atoms with Gasteiger partial charge in [-0.1, -0.05) is 23.7 Å². The van der Waals surface area contributed by atoms with Crippen LogP contribution in [-0.4, -0.2) is 52.5 Å². The second-order valence-corrected chi connectivity index (χ2v) is 10.1. The molecule has 1 atom stereocenters. The predicted octanol–water partition coefficient (Wildman–Crippen LogP) is 4.66. The van der Waals surface area contributed by atoms with Gasteiger partial charge in [0.25, 0.3) is 0 Å². The molecule has 154 valence electrons. The first-order chi connectivity index (χ1) is 14.2. The molecule has 0 bridgehead atoms. The maximum atomic E-state index is 10.4. The number of benzene rings is 2. The molecule has 1 saturated heterocycles. The third-order valence-electron chi connectivity index (χ3n) is 5.19. The summed E-state index contributed by atoms with van der Waals surface area (Å²) in [6.45, 7) is 3.63. The van der Waals surface area contributed by atoms with E-state index in [2.05, 4.69) is 28.4 Å². The smallest absolute Gasteiger partial charge is 0.108 e. The Hall–Kier alpha value is -1.15. The van der Waals surface area contributed by atoms with E-state index >= 15 is 0 Å². The van der Waals surface area contributed by atoms with Crippen LogP contribution in [0, 0.1) is 0 Å². The summed E-state index contributed by atoms with van der Waals surface area (Å²) in [6.07, 6.45) is 1.91. The van der Waals surface area contributed by atoms with Crippen molar-refractivity contribution in [3.05, 3.63) is 58.6 Å². The van der Waals surface area contributed by atoms with E-state index in [1.165, 1.54) is 4.70 Å². The van der Waals surface area contributed by atoms with Gasteiger partial charge in [0.05, 0.1) is 16.3 Å². The summed E-state index contributed by atoms with van der Waals surface area (Å²) in [7, 11) is 0. The van der Waals surface area contributed by atoms with Gasteiger partial charge in [0.15, 0.2) is 0 Å². The average molecular weight is 448 g/mol. The van der Waals surface area contributed by atoms with E-state index in [-0.39, 0.29) is 6.10 Å². The number of piperidine rings is 1. The number of aliphatic hydroxyl groups excluding tert-OH is 1. The van der Waals surface area contributed by atoms with Crippen LogP contribution >= 0.6 is 34.7 Å². The number of halogens is 1. The SMILES string of the molecule is OC(CSc1ccc(Cl)cc1)CN1CCC(NCc2nc3ccccc3s2)CC1. The number of hydrogen-bond acceptors (Lipinski definition) is 6. The van der Waals surface area contributed by atoms with E-state index in [1.807, 2.05) is 30.3 Å². The van der Waals surface area contributed by atoms with Crippen LogP contribution in [0.5, 0.6) is 0 Å². The standard InChI is InChI=1S/C22H26ClN3OS2/c23-16-5-7-19(8-6-16)28-15-18(27)14-26-11-9-17(10-12-26)24-13-22-25-20-3-1-2-4-21(20)29-22/h1-8,17-18,24,27H,9-15H2. The lowest BCUT2D eigenvalue weighted by molar-refractivity contribution is 0.108. The van der Waals surface area contributed by atoms with Crippen LogP contribution in [0.25, 0.3) is 10.2 Å². The highest BCUT2D eigenvalue weighted by molar-refractivity contribution is 7.99. The zero-order valence-electron chi connectivity index (χ0n) is 16.3. The molecule has 2 N–H and O–H groups in total. The Balaban J connectivity index is 1.15. The number of nitrogens with zero attached hydrogens (tertiary/aromatic N) is 2. The number of fused-ring (bicyclic) bond motifs is 1. The number of aliphatic hydroxyl groups is 1. The summed E-state index contributed by atoms with van der Waals surface area (Å²) in [5.74, 6) is 0.706. The van der Waals surface area contributed by atoms with Crippen molar-refractivity contribution >= 4 is 44.9 Å². The molecule has 1 aliphatic heterocycles. The zero-order valence-corrected chi connectivity index (χ0v) is 18.6. The van der Waals surface area contributed by atoms with E-state index in [0.29, 0.717) is 11.8 Å². The molecule has 0 radical (unpaired) electrons. The first-order valence-electron chi connectivity index (χ1n) is 10.0. The van der Waals surface area contributed by atoms with Crippen molar-refractivity contribution in [3.63, 3.8) is 0 Å². The minimum absolute atomic E-state index is 0.317. The van der Waals surface area contributed by atoms with E-state index in [9.17, 15) is 5.11 Å². The number of aromatic nitrogens is 1. The Kier molecular flexibility index (Phi) is 7.45. The normalized spacial score (nSPS) is 17.0. The Bertz CT molecular complexity index is 877. The summed E-state index contributed by atoms with van der Waals surface area (Å²) in [6, 6.07) is 16.6. The topological polar surface area (TPSA) is 48.4 Å². The largest absolute Gasteiger partial charge is 0.391 e. The third kappa shape index (κ3) is 6.17. The van der Waals surface area contributed by atoms with Crippen molar-refractivity contribution in [1.82, 2.24) is 15.2 Å². The van der Waals surface area contributed by atoms with Gasteiger partial charge in [-0.25, -0.2) is 4.98 Å². The molecule has 1 aliphatic rings. The summed E-state index contributed by atoms with van der Waals surface area (Å²) in [4.78, 5) is 8.23. The molecule has 29 heavy (non-hydrogen) atoms. The summed E-state index contributed by atoms with van der Waals surface area (Å²) in [5, 5.41) is 16.0. The Morgan fingerprint density at radius 3 is 2.69 bits per heavy atom. The molecule has 2 aromatic carbocycles. The maximum absolute atomic E-state index is 10.4. The number of thiazole rings is 1. The number of likely N-dealkylation sites (tertiary alicyclic amines) is 1. The molecule has 7 heteroatoms. The first kappa shape index (κ1) is 21.1. The minimum atomic E-state index is -0.317. The van der Waals surface area contributed by atoms with Crippen LogP contribution in [0.15, 0.2) is 53.4 Å². The lowest BCUT2D eigenvalue weighted by Crippen LogP contribution is -2.45. The zero-order chi connectivity index (χ0) is 20.1. The average Bonchev–Trinajstić information content (AvgIpc) is 3.16. The van der Waals surface area contributed by atoms with Gasteiger partial charge in [0.1, 0.15) is 5.01 Å². The van der Waals surface area contributed by atoms with Gasteiger partial charge in [-0.3, -0.25) is 0 Å². The molecule has 0 spiro atoms. The monoisotopic (exact) mass is 447 g/mol. The number of nitrogens with one attached hydrogen (secondary N) is 1. The Labute approximate surface area is 185 Å². The quantitative estimate of drug-likeness (QED) is 0.492. The molecule has 1 aromatic heterocycles. The van der Waals surface area contributed by atoms with Crippen LogP contribution in [0.3, 0.4) is 0 Å². The van der Waals surface area contributed by atoms with Crippen molar-refractivity contribution < 1.29 is 5.11 Å². The summed E-state index contributed by atoms with van der Waals surface area (Å²) < 4.78 is 1.25. The summed E-state index contributed by atoms with van der Waals surface area (Å²) in [5.41, 5.74) is 1.09. The molecular weight excluding hydrogens is 422 g/mol. The number of β-amino-alcohol motifs (C(OH)–C–C–N with tert-alkyl or cyclic N) is 1. The number of hydrogen-bond donors (Lipinski definition) is 2. The molecule has 0 saturated carbocycles. The summed E-state index contributed by atoms with van der Waals surface area (Å²) >= 11 is 9.37. The van der Waals surface area contributed by atoms with Gasteiger partial charge in [-0.2, -0.15) is 0 Å². The van der Waals surface area contributed by atoms with Crippen molar-refractivity contribution in [2.24, 2.45) is 0 Å². The number of thioether (sulfide) groups is 1. The Morgan fingerprint density at radius 1 is 1.17 bits per heavy atom. The molecule has 0 aliphatic carbocycles.